The zero-order chi connectivity index (χ0) is 23.9. The average molecular weight is 487 g/mol. The minimum absolute atomic E-state index is 0.0543. The van der Waals surface area contributed by atoms with Crippen molar-refractivity contribution >= 4 is 10.0 Å². The first-order chi connectivity index (χ1) is 13.9. The Hall–Kier alpha value is -1.54. The average Bonchev–Trinajstić information content (AvgIpc) is 2.64. The van der Waals surface area contributed by atoms with Gasteiger partial charge >= 0.3 is 18.5 Å². The maximum absolute atomic E-state index is 13.0. The Balaban J connectivity index is 2.33. The van der Waals surface area contributed by atoms with E-state index in [1.165, 1.54) is 18.2 Å². The molecule has 1 aromatic carbocycles. The fraction of sp³-hybridized carbons (Fsp3) is 0.647. The first-order valence-corrected chi connectivity index (χ1v) is 10.3. The molecule has 0 amide bonds. The summed E-state index contributed by atoms with van der Waals surface area (Å²) >= 11 is 0. The Bertz CT molecular complexity index is 828. The summed E-state index contributed by atoms with van der Waals surface area (Å²) < 4.78 is 143. The minimum atomic E-state index is -6.06. The van der Waals surface area contributed by atoms with Gasteiger partial charge in [0.1, 0.15) is 6.54 Å². The topological polar surface area (TPSA) is 57.6 Å². The largest absolute Gasteiger partial charge is 0.426 e. The van der Waals surface area contributed by atoms with E-state index in [1.54, 1.807) is 0 Å². The van der Waals surface area contributed by atoms with Crippen LogP contribution in [0, 0.1) is 5.92 Å². The highest BCUT2D eigenvalue weighted by Crippen LogP contribution is 2.52. The van der Waals surface area contributed by atoms with Gasteiger partial charge in [0, 0.05) is 12.0 Å². The van der Waals surface area contributed by atoms with Crippen LogP contribution in [0.1, 0.15) is 25.7 Å². The second-order valence-electron chi connectivity index (χ2n) is 7.25. The van der Waals surface area contributed by atoms with E-state index in [9.17, 15) is 53.0 Å². The first kappa shape index (κ1) is 25.7. The van der Waals surface area contributed by atoms with Crippen molar-refractivity contribution in [1.29, 1.82) is 0 Å². The molecule has 1 N–H and O–H groups in total. The van der Waals surface area contributed by atoms with E-state index >= 15 is 0 Å². The predicted molar refractivity (Wildman–Crippen MR) is 89.2 cm³/mol. The number of benzene rings is 1. The molecule has 1 aromatic rings. The van der Waals surface area contributed by atoms with Gasteiger partial charge in [-0.25, -0.2) is 8.42 Å². The van der Waals surface area contributed by atoms with E-state index in [0.29, 0.717) is 0 Å². The lowest BCUT2D eigenvalue weighted by Gasteiger charge is -2.43. The molecule has 0 heterocycles. The quantitative estimate of drug-likeness (QED) is 0.616. The molecule has 0 atom stereocenters. The standard InChI is InChI=1S/C17H18F9NO3S/c18-14(19,20)10-27(31(29,30)13-4-2-1-3-5-13)12-8-6-11(7-9-12)15(28,16(21,22)23)17(24,25)26/h1-5,11-12,28H,6-10H2. The Kier molecular flexibility index (Phi) is 6.99. The fourth-order valence-corrected chi connectivity index (χ4v) is 5.41. The van der Waals surface area contributed by atoms with E-state index in [1.807, 2.05) is 0 Å². The third-order valence-electron chi connectivity index (χ3n) is 5.24. The van der Waals surface area contributed by atoms with Crippen LogP contribution in [-0.4, -0.2) is 54.5 Å². The Morgan fingerprint density at radius 2 is 1.29 bits per heavy atom. The van der Waals surface area contributed by atoms with E-state index < -0.39 is 83.2 Å². The molecule has 1 fully saturated rings. The third-order valence-corrected chi connectivity index (χ3v) is 7.16. The molecule has 0 radical (unpaired) electrons. The molecule has 1 saturated carbocycles. The van der Waals surface area contributed by atoms with Crippen LogP contribution in [0.3, 0.4) is 0 Å². The summed E-state index contributed by atoms with van der Waals surface area (Å²) in [5.41, 5.74) is -5.04. The van der Waals surface area contributed by atoms with Gasteiger partial charge in [-0.05, 0) is 37.8 Å². The summed E-state index contributed by atoms with van der Waals surface area (Å²) in [6.07, 6.45) is -20.5. The SMILES string of the molecule is O=S(=O)(c1ccccc1)N(CC(F)(F)F)C1CCC(C(O)(C(F)(F)F)C(F)(F)F)CC1. The summed E-state index contributed by atoms with van der Waals surface area (Å²) in [6, 6.07) is 4.47. The van der Waals surface area contributed by atoms with E-state index in [4.69, 9.17) is 0 Å². The lowest BCUT2D eigenvalue weighted by molar-refractivity contribution is -0.387. The molecule has 0 saturated heterocycles. The molecule has 0 unspecified atom stereocenters. The van der Waals surface area contributed by atoms with Crippen molar-refractivity contribution in [3.63, 3.8) is 0 Å². The maximum atomic E-state index is 13.0. The maximum Gasteiger partial charge on any atom is 0.426 e. The van der Waals surface area contributed by atoms with Crippen LogP contribution in [0.25, 0.3) is 0 Å². The predicted octanol–water partition coefficient (Wildman–Crippen LogP) is 4.65. The van der Waals surface area contributed by atoms with Gasteiger partial charge in [-0.3, -0.25) is 0 Å². The molecule has 1 aliphatic carbocycles. The fourth-order valence-electron chi connectivity index (χ4n) is 3.72. The minimum Gasteiger partial charge on any atom is -0.373 e. The van der Waals surface area contributed by atoms with Crippen molar-refractivity contribution in [2.45, 2.75) is 60.8 Å². The zero-order valence-corrected chi connectivity index (χ0v) is 16.4. The van der Waals surface area contributed by atoms with Gasteiger partial charge in [0.25, 0.3) is 5.60 Å². The molecule has 31 heavy (non-hydrogen) atoms. The normalized spacial score (nSPS) is 22.0. The molecule has 0 spiro atoms. The Morgan fingerprint density at radius 3 is 1.68 bits per heavy atom. The summed E-state index contributed by atoms with van der Waals surface area (Å²) in [6.45, 7) is -1.96. The van der Waals surface area contributed by atoms with Gasteiger partial charge in [-0.15, -0.1) is 0 Å². The van der Waals surface area contributed by atoms with Crippen LogP contribution in [-0.2, 0) is 10.0 Å². The van der Waals surface area contributed by atoms with Crippen molar-refractivity contribution in [3.05, 3.63) is 30.3 Å². The van der Waals surface area contributed by atoms with Gasteiger partial charge in [0.05, 0.1) is 4.90 Å². The van der Waals surface area contributed by atoms with Crippen LogP contribution in [0.4, 0.5) is 39.5 Å². The van der Waals surface area contributed by atoms with E-state index in [2.05, 4.69) is 0 Å². The molecular weight excluding hydrogens is 469 g/mol. The highest BCUT2D eigenvalue weighted by molar-refractivity contribution is 7.89. The van der Waals surface area contributed by atoms with Crippen molar-refractivity contribution in [3.8, 4) is 0 Å². The molecule has 0 bridgehead atoms. The Labute approximate surface area is 171 Å². The van der Waals surface area contributed by atoms with Crippen LogP contribution in [0.5, 0.6) is 0 Å². The highest BCUT2D eigenvalue weighted by Gasteiger charge is 2.73. The van der Waals surface area contributed by atoms with Gasteiger partial charge in [0.15, 0.2) is 0 Å². The Morgan fingerprint density at radius 1 is 0.839 bits per heavy atom. The second-order valence-corrected chi connectivity index (χ2v) is 9.14. The first-order valence-electron chi connectivity index (χ1n) is 8.90. The van der Waals surface area contributed by atoms with Crippen LogP contribution < -0.4 is 0 Å². The summed E-state index contributed by atoms with van der Waals surface area (Å²) in [5, 5.41) is 9.50. The molecule has 0 aromatic heterocycles. The second kappa shape index (κ2) is 8.43. The van der Waals surface area contributed by atoms with Crippen molar-refractivity contribution < 1.29 is 53.0 Å². The van der Waals surface area contributed by atoms with Gasteiger partial charge in [0.2, 0.25) is 10.0 Å². The number of aliphatic hydroxyl groups is 1. The molecule has 2 rings (SSSR count). The van der Waals surface area contributed by atoms with Crippen LogP contribution in [0.2, 0.25) is 0 Å². The lowest BCUT2D eigenvalue weighted by atomic mass is 9.74. The van der Waals surface area contributed by atoms with Crippen molar-refractivity contribution in [2.75, 3.05) is 6.54 Å². The number of hydrogen-bond donors (Lipinski definition) is 1. The number of rotatable bonds is 5. The molecule has 14 heteroatoms. The third kappa shape index (κ3) is 5.28. The summed E-state index contributed by atoms with van der Waals surface area (Å²) in [5.74, 6) is -2.38. The molecular formula is C17H18F9NO3S. The number of alkyl halides is 9. The molecule has 1 aliphatic rings. The van der Waals surface area contributed by atoms with Crippen molar-refractivity contribution in [1.82, 2.24) is 4.31 Å². The summed E-state index contributed by atoms with van der Waals surface area (Å²) in [4.78, 5) is -0.497. The molecule has 178 valence electrons. The van der Waals surface area contributed by atoms with Crippen LogP contribution >= 0.6 is 0 Å². The summed E-state index contributed by atoms with van der Waals surface area (Å²) in [7, 11) is -4.74. The highest BCUT2D eigenvalue weighted by atomic mass is 32.2. The van der Waals surface area contributed by atoms with Gasteiger partial charge in [-0.1, -0.05) is 18.2 Å². The monoisotopic (exact) mass is 487 g/mol. The number of nitrogens with zero attached hydrogens (tertiary/aromatic N) is 1. The molecule has 0 aliphatic heterocycles. The van der Waals surface area contributed by atoms with Crippen LogP contribution in [0.15, 0.2) is 35.2 Å². The van der Waals surface area contributed by atoms with E-state index in [0.717, 1.165) is 12.1 Å². The lowest BCUT2D eigenvalue weighted by Crippen LogP contribution is -2.62. The zero-order valence-electron chi connectivity index (χ0n) is 15.6. The number of halogens is 9. The number of hydrogen-bond acceptors (Lipinski definition) is 3. The van der Waals surface area contributed by atoms with E-state index in [-0.39, 0.29) is 4.31 Å². The smallest absolute Gasteiger partial charge is 0.373 e. The van der Waals surface area contributed by atoms with Gasteiger partial charge in [-0.2, -0.15) is 43.8 Å². The number of sulfonamides is 1. The van der Waals surface area contributed by atoms with Gasteiger partial charge < -0.3 is 5.11 Å². The molecule has 4 nitrogen and oxygen atoms in total. The van der Waals surface area contributed by atoms with Crippen molar-refractivity contribution in [2.24, 2.45) is 5.92 Å².